The van der Waals surface area contributed by atoms with Crippen molar-refractivity contribution in [3.8, 4) is 0 Å². The molecule has 9 heteroatoms. The fraction of sp³-hybridized carbons (Fsp3) is 0.458. The van der Waals surface area contributed by atoms with E-state index >= 15 is 0 Å². The van der Waals surface area contributed by atoms with Crippen LogP contribution in [-0.4, -0.2) is 56.7 Å². The number of rotatable bonds is 6. The lowest BCUT2D eigenvalue weighted by atomic mass is 10.1. The number of alkyl halides is 2. The lowest BCUT2D eigenvalue weighted by Gasteiger charge is -2.34. The summed E-state index contributed by atoms with van der Waals surface area (Å²) in [5.74, 6) is 0.169. The summed E-state index contributed by atoms with van der Waals surface area (Å²) in [6, 6.07) is 9.32. The maximum absolute atomic E-state index is 13.8. The summed E-state index contributed by atoms with van der Waals surface area (Å²) in [5, 5.41) is 5.51. The molecule has 1 aromatic carbocycles. The van der Waals surface area contributed by atoms with Crippen LogP contribution >= 0.6 is 11.6 Å². The summed E-state index contributed by atoms with van der Waals surface area (Å²) in [7, 11) is 0. The number of halogens is 3. The Morgan fingerprint density at radius 3 is 2.48 bits per heavy atom. The van der Waals surface area contributed by atoms with E-state index < -0.39 is 6.43 Å². The highest BCUT2D eigenvalue weighted by Crippen LogP contribution is 2.41. The standard InChI is InChI=1S/C24H26ClF2N5O/c1-15-22-19(23(26)27)12-20(17-4-5-17)28-24(22)32(29-15)14-21(33)31-10-8-30(9-11-31)13-16-2-6-18(25)7-3-16/h2-3,6-7,12,17,23H,4-5,8-11,13-14H2,1H3. The molecule has 1 amide bonds. The molecule has 2 fully saturated rings. The molecule has 0 bridgehead atoms. The zero-order valence-corrected chi connectivity index (χ0v) is 19.2. The Hall–Kier alpha value is -2.58. The number of piperazine rings is 1. The smallest absolute Gasteiger partial charge is 0.264 e. The highest BCUT2D eigenvalue weighted by Gasteiger charge is 2.30. The Morgan fingerprint density at radius 2 is 1.85 bits per heavy atom. The zero-order chi connectivity index (χ0) is 23.1. The Kier molecular flexibility index (Phi) is 6.05. The van der Waals surface area contributed by atoms with E-state index in [4.69, 9.17) is 11.6 Å². The number of hydrogen-bond acceptors (Lipinski definition) is 4. The molecule has 1 saturated carbocycles. The van der Waals surface area contributed by atoms with Gasteiger partial charge in [0.2, 0.25) is 5.91 Å². The number of nitrogens with zero attached hydrogens (tertiary/aromatic N) is 5. The quantitative estimate of drug-likeness (QED) is 0.527. The van der Waals surface area contributed by atoms with Gasteiger partial charge in [-0.1, -0.05) is 23.7 Å². The normalized spacial score (nSPS) is 17.3. The summed E-state index contributed by atoms with van der Waals surface area (Å²) in [4.78, 5) is 21.8. The fourth-order valence-electron chi connectivity index (χ4n) is 4.51. The number of fused-ring (bicyclic) bond motifs is 1. The van der Waals surface area contributed by atoms with E-state index in [0.717, 1.165) is 37.5 Å². The average molecular weight is 474 g/mol. The number of amides is 1. The van der Waals surface area contributed by atoms with Gasteiger partial charge in [0.15, 0.2) is 5.65 Å². The van der Waals surface area contributed by atoms with Crippen LogP contribution in [0.3, 0.4) is 0 Å². The van der Waals surface area contributed by atoms with Gasteiger partial charge < -0.3 is 4.90 Å². The van der Waals surface area contributed by atoms with Crippen molar-refractivity contribution in [3.63, 3.8) is 0 Å². The van der Waals surface area contributed by atoms with Gasteiger partial charge in [0, 0.05) is 54.9 Å². The Labute approximate surface area is 196 Å². The van der Waals surface area contributed by atoms with E-state index in [0.29, 0.717) is 35.5 Å². The van der Waals surface area contributed by atoms with Gasteiger partial charge in [-0.25, -0.2) is 18.4 Å². The molecule has 33 heavy (non-hydrogen) atoms. The molecule has 0 atom stereocenters. The molecule has 3 aromatic rings. The van der Waals surface area contributed by atoms with Crippen molar-refractivity contribution in [2.75, 3.05) is 26.2 Å². The minimum absolute atomic E-state index is 0.00528. The van der Waals surface area contributed by atoms with Crippen molar-refractivity contribution < 1.29 is 13.6 Å². The first-order chi connectivity index (χ1) is 15.9. The molecule has 1 aliphatic heterocycles. The monoisotopic (exact) mass is 473 g/mol. The lowest BCUT2D eigenvalue weighted by Crippen LogP contribution is -2.49. The van der Waals surface area contributed by atoms with Gasteiger partial charge in [-0.15, -0.1) is 0 Å². The summed E-state index contributed by atoms with van der Waals surface area (Å²) < 4.78 is 29.0. The van der Waals surface area contributed by atoms with Gasteiger partial charge in [0.25, 0.3) is 6.43 Å². The first-order valence-corrected chi connectivity index (χ1v) is 11.7. The van der Waals surface area contributed by atoms with Crippen LogP contribution in [0.5, 0.6) is 0 Å². The van der Waals surface area contributed by atoms with E-state index in [1.54, 1.807) is 6.92 Å². The molecule has 6 nitrogen and oxygen atoms in total. The fourth-order valence-corrected chi connectivity index (χ4v) is 4.64. The van der Waals surface area contributed by atoms with E-state index in [1.807, 2.05) is 29.2 Å². The first-order valence-electron chi connectivity index (χ1n) is 11.3. The molecule has 2 aliphatic rings. The summed E-state index contributed by atoms with van der Waals surface area (Å²) in [6.07, 6.45) is -0.671. The lowest BCUT2D eigenvalue weighted by molar-refractivity contribution is -0.133. The second kappa shape index (κ2) is 8.99. The number of benzene rings is 1. The van der Waals surface area contributed by atoms with Crippen LogP contribution < -0.4 is 0 Å². The van der Waals surface area contributed by atoms with Crippen LogP contribution in [-0.2, 0) is 17.9 Å². The second-order valence-corrected chi connectivity index (χ2v) is 9.37. The topological polar surface area (TPSA) is 54.3 Å². The zero-order valence-electron chi connectivity index (χ0n) is 18.5. The van der Waals surface area contributed by atoms with E-state index in [2.05, 4.69) is 15.0 Å². The van der Waals surface area contributed by atoms with Gasteiger partial charge in [0.1, 0.15) is 6.54 Å². The maximum Gasteiger partial charge on any atom is 0.264 e. The SMILES string of the molecule is Cc1nn(CC(=O)N2CCN(Cc3ccc(Cl)cc3)CC2)c2nc(C3CC3)cc(C(F)F)c12. The number of pyridine rings is 1. The molecule has 1 saturated heterocycles. The van der Waals surface area contributed by atoms with E-state index in [-0.39, 0.29) is 23.9 Å². The van der Waals surface area contributed by atoms with Crippen LogP contribution in [0.25, 0.3) is 11.0 Å². The minimum atomic E-state index is -2.60. The number of aromatic nitrogens is 3. The first kappa shape index (κ1) is 22.2. The van der Waals surface area contributed by atoms with Crippen LogP contribution in [0, 0.1) is 6.92 Å². The summed E-state index contributed by atoms with van der Waals surface area (Å²) >= 11 is 5.96. The number of carbonyl (C=O) groups is 1. The van der Waals surface area contributed by atoms with Crippen LogP contribution in [0.1, 0.15) is 47.7 Å². The van der Waals surface area contributed by atoms with E-state index in [9.17, 15) is 13.6 Å². The van der Waals surface area contributed by atoms with Gasteiger partial charge in [0.05, 0.1) is 11.1 Å². The van der Waals surface area contributed by atoms with Crippen molar-refractivity contribution in [1.29, 1.82) is 0 Å². The Balaban J connectivity index is 1.28. The van der Waals surface area contributed by atoms with Gasteiger partial charge in [-0.2, -0.15) is 5.10 Å². The molecule has 2 aromatic heterocycles. The van der Waals surface area contributed by atoms with Crippen molar-refractivity contribution in [2.45, 2.75) is 45.2 Å². The van der Waals surface area contributed by atoms with Crippen molar-refractivity contribution in [2.24, 2.45) is 0 Å². The minimum Gasteiger partial charge on any atom is -0.339 e. The van der Waals surface area contributed by atoms with Gasteiger partial charge >= 0.3 is 0 Å². The number of hydrogen-bond donors (Lipinski definition) is 0. The highest BCUT2D eigenvalue weighted by molar-refractivity contribution is 6.30. The van der Waals surface area contributed by atoms with Crippen LogP contribution in [0.2, 0.25) is 5.02 Å². The Morgan fingerprint density at radius 1 is 1.15 bits per heavy atom. The molecule has 0 radical (unpaired) electrons. The van der Waals surface area contributed by atoms with Gasteiger partial charge in [-0.3, -0.25) is 9.69 Å². The summed E-state index contributed by atoms with van der Waals surface area (Å²) in [6.45, 7) is 5.29. The molecule has 1 aliphatic carbocycles. The molecule has 0 unspecified atom stereocenters. The van der Waals surface area contributed by atoms with Crippen molar-refractivity contribution in [3.05, 3.63) is 57.9 Å². The third-order valence-electron chi connectivity index (χ3n) is 6.49. The molecular weight excluding hydrogens is 448 g/mol. The predicted octanol–water partition coefficient (Wildman–Crippen LogP) is 4.55. The highest BCUT2D eigenvalue weighted by atomic mass is 35.5. The molecular formula is C24H26ClF2N5O. The molecule has 0 spiro atoms. The number of aryl methyl sites for hydroxylation is 1. The summed E-state index contributed by atoms with van der Waals surface area (Å²) in [5.41, 5.74) is 2.71. The Bertz CT molecular complexity index is 1170. The second-order valence-electron chi connectivity index (χ2n) is 8.94. The molecule has 3 heterocycles. The third kappa shape index (κ3) is 4.73. The predicted molar refractivity (Wildman–Crippen MR) is 123 cm³/mol. The van der Waals surface area contributed by atoms with Crippen molar-refractivity contribution in [1.82, 2.24) is 24.6 Å². The maximum atomic E-state index is 13.8. The van der Waals surface area contributed by atoms with Crippen LogP contribution in [0.15, 0.2) is 30.3 Å². The molecule has 174 valence electrons. The average Bonchev–Trinajstić information content (AvgIpc) is 3.60. The largest absolute Gasteiger partial charge is 0.339 e. The third-order valence-corrected chi connectivity index (χ3v) is 6.74. The van der Waals surface area contributed by atoms with Gasteiger partial charge in [-0.05, 0) is 43.5 Å². The van der Waals surface area contributed by atoms with E-state index in [1.165, 1.54) is 16.3 Å². The molecule has 0 N–H and O–H groups in total. The van der Waals surface area contributed by atoms with Crippen LogP contribution in [0.4, 0.5) is 8.78 Å². The molecule has 5 rings (SSSR count). The van der Waals surface area contributed by atoms with Crippen molar-refractivity contribution >= 4 is 28.5 Å². The number of carbonyl (C=O) groups excluding carboxylic acids is 1.